The van der Waals surface area contributed by atoms with Gasteiger partial charge < -0.3 is 14.8 Å². The average molecular weight is 395 g/mol. The van der Waals surface area contributed by atoms with Crippen LogP contribution in [-0.2, 0) is 6.42 Å². The van der Waals surface area contributed by atoms with Crippen molar-refractivity contribution in [1.82, 2.24) is 10.3 Å². The third kappa shape index (κ3) is 8.21. The maximum absolute atomic E-state index is 12.8. The zero-order valence-corrected chi connectivity index (χ0v) is 17.7. The number of hydrogen-bond donors (Lipinski definition) is 1. The Morgan fingerprint density at radius 2 is 1.62 bits per heavy atom. The van der Waals surface area contributed by atoms with E-state index < -0.39 is 0 Å². The number of allylic oxidation sites excluding steroid dienone is 2. The molecule has 0 saturated carbocycles. The summed E-state index contributed by atoms with van der Waals surface area (Å²) in [6.07, 6.45) is 8.20. The Bertz CT molecular complexity index is 850. The van der Waals surface area contributed by atoms with Gasteiger partial charge in [-0.25, -0.2) is 0 Å². The number of pyridine rings is 1. The molecule has 5 nitrogen and oxygen atoms in total. The van der Waals surface area contributed by atoms with Crippen LogP contribution in [0.25, 0.3) is 0 Å². The van der Waals surface area contributed by atoms with Gasteiger partial charge in [-0.15, -0.1) is 0 Å². The zero-order valence-electron chi connectivity index (χ0n) is 17.7. The molecule has 1 N–H and O–H groups in total. The molecule has 0 saturated heterocycles. The molecule has 2 aromatic rings. The van der Waals surface area contributed by atoms with Crippen LogP contribution in [0.15, 0.2) is 66.0 Å². The molecule has 0 bridgehead atoms. The van der Waals surface area contributed by atoms with Crippen molar-refractivity contribution in [3.8, 4) is 11.5 Å². The van der Waals surface area contributed by atoms with Gasteiger partial charge in [0.1, 0.15) is 24.7 Å². The molecule has 1 aromatic carbocycles. The molecule has 0 fully saturated rings. The molecule has 154 valence electrons. The molecule has 0 unspecified atom stereocenters. The molecular weight excluding hydrogens is 364 g/mol. The number of hydrogen-bond acceptors (Lipinski definition) is 4. The number of carbonyl (C=O) groups is 1. The van der Waals surface area contributed by atoms with Crippen LogP contribution in [0, 0.1) is 0 Å². The maximum Gasteiger partial charge on any atom is 0.255 e. The van der Waals surface area contributed by atoms with E-state index in [4.69, 9.17) is 9.47 Å². The first-order chi connectivity index (χ1) is 14.0. The lowest BCUT2D eigenvalue weighted by atomic mass is 10.1. The molecule has 2 rings (SSSR count). The van der Waals surface area contributed by atoms with Crippen molar-refractivity contribution in [3.63, 3.8) is 0 Å². The SMILES string of the molecule is CC(C)=CCOc1ccc(OCC=C(C)C)c(C(=O)NCCc2ccncc2)c1. The van der Waals surface area contributed by atoms with E-state index in [1.54, 1.807) is 24.5 Å². The number of rotatable bonds is 10. The minimum absolute atomic E-state index is 0.182. The summed E-state index contributed by atoms with van der Waals surface area (Å²) in [6, 6.07) is 9.23. The van der Waals surface area contributed by atoms with Gasteiger partial charge in [0.15, 0.2) is 0 Å². The van der Waals surface area contributed by atoms with Crippen LogP contribution in [0.4, 0.5) is 0 Å². The van der Waals surface area contributed by atoms with Crippen molar-refractivity contribution < 1.29 is 14.3 Å². The van der Waals surface area contributed by atoms with Crippen molar-refractivity contribution in [1.29, 1.82) is 0 Å². The summed E-state index contributed by atoms with van der Waals surface area (Å²) in [4.78, 5) is 16.8. The van der Waals surface area contributed by atoms with E-state index in [1.807, 2.05) is 58.0 Å². The highest BCUT2D eigenvalue weighted by atomic mass is 16.5. The second kappa shape index (κ2) is 11.7. The number of aromatic nitrogens is 1. The van der Waals surface area contributed by atoms with Crippen LogP contribution in [0.3, 0.4) is 0 Å². The highest BCUT2D eigenvalue weighted by Crippen LogP contribution is 2.25. The second-order valence-electron chi connectivity index (χ2n) is 7.20. The Labute approximate surface area is 173 Å². The highest BCUT2D eigenvalue weighted by molar-refractivity contribution is 5.97. The van der Waals surface area contributed by atoms with Crippen LogP contribution < -0.4 is 14.8 Å². The van der Waals surface area contributed by atoms with E-state index in [0.717, 1.165) is 17.6 Å². The fourth-order valence-electron chi connectivity index (χ4n) is 2.47. The number of ether oxygens (including phenoxy) is 2. The van der Waals surface area contributed by atoms with Gasteiger partial charge in [0.2, 0.25) is 0 Å². The Morgan fingerprint density at radius 1 is 0.966 bits per heavy atom. The molecule has 0 aliphatic rings. The quantitative estimate of drug-likeness (QED) is 0.591. The lowest BCUT2D eigenvalue weighted by molar-refractivity contribution is 0.0950. The molecule has 0 atom stereocenters. The van der Waals surface area contributed by atoms with Crippen molar-refractivity contribution in [3.05, 3.63) is 77.2 Å². The molecule has 1 aromatic heterocycles. The Kier molecular flexibility index (Phi) is 8.96. The van der Waals surface area contributed by atoms with Gasteiger partial charge in [-0.05, 0) is 82.2 Å². The van der Waals surface area contributed by atoms with Crippen molar-refractivity contribution in [2.24, 2.45) is 0 Å². The minimum atomic E-state index is -0.182. The predicted octanol–water partition coefficient (Wildman–Crippen LogP) is 4.74. The smallest absolute Gasteiger partial charge is 0.255 e. The Hall–Kier alpha value is -3.08. The third-order valence-electron chi connectivity index (χ3n) is 4.12. The Balaban J connectivity index is 2.08. The van der Waals surface area contributed by atoms with E-state index in [-0.39, 0.29) is 5.91 Å². The molecule has 1 amide bonds. The van der Waals surface area contributed by atoms with Gasteiger partial charge in [0.25, 0.3) is 5.91 Å². The molecule has 0 aliphatic heterocycles. The molecule has 5 heteroatoms. The monoisotopic (exact) mass is 394 g/mol. The summed E-state index contributed by atoms with van der Waals surface area (Å²) in [5.74, 6) is 0.994. The van der Waals surface area contributed by atoms with Crippen molar-refractivity contribution in [2.45, 2.75) is 34.1 Å². The van der Waals surface area contributed by atoms with Gasteiger partial charge in [-0.3, -0.25) is 9.78 Å². The molecule has 0 aliphatic carbocycles. The van der Waals surface area contributed by atoms with Crippen LogP contribution in [0.2, 0.25) is 0 Å². The highest BCUT2D eigenvalue weighted by Gasteiger charge is 2.14. The summed E-state index contributed by atoms with van der Waals surface area (Å²) in [6.45, 7) is 9.46. The summed E-state index contributed by atoms with van der Waals surface area (Å²) in [5.41, 5.74) is 3.94. The summed E-state index contributed by atoms with van der Waals surface area (Å²) >= 11 is 0. The Morgan fingerprint density at radius 3 is 2.28 bits per heavy atom. The summed E-state index contributed by atoms with van der Waals surface area (Å²) in [5, 5.41) is 2.97. The van der Waals surface area contributed by atoms with Crippen molar-refractivity contribution in [2.75, 3.05) is 19.8 Å². The first kappa shape index (κ1) is 22.2. The average Bonchev–Trinajstić information content (AvgIpc) is 2.69. The maximum atomic E-state index is 12.8. The van der Waals surface area contributed by atoms with Crippen LogP contribution >= 0.6 is 0 Å². The van der Waals surface area contributed by atoms with Crippen LogP contribution in [0.5, 0.6) is 11.5 Å². The fraction of sp³-hybridized carbons (Fsp3) is 0.333. The first-order valence-corrected chi connectivity index (χ1v) is 9.79. The molecule has 1 heterocycles. The van der Waals surface area contributed by atoms with E-state index >= 15 is 0 Å². The number of nitrogens with zero attached hydrogens (tertiary/aromatic N) is 1. The standard InChI is InChI=1S/C24H30N2O3/c1-18(2)10-15-28-21-5-6-23(29-16-11-19(3)4)22(17-21)24(27)26-14-9-20-7-12-25-13-8-20/h5-8,10-13,17H,9,14-16H2,1-4H3,(H,26,27). The third-order valence-corrected chi connectivity index (χ3v) is 4.12. The lowest BCUT2D eigenvalue weighted by Gasteiger charge is -2.13. The fourth-order valence-corrected chi connectivity index (χ4v) is 2.47. The van der Waals surface area contributed by atoms with Gasteiger partial charge in [0.05, 0.1) is 5.56 Å². The summed E-state index contributed by atoms with van der Waals surface area (Å²) < 4.78 is 11.6. The largest absolute Gasteiger partial charge is 0.490 e. The zero-order chi connectivity index (χ0) is 21.1. The lowest BCUT2D eigenvalue weighted by Crippen LogP contribution is -2.26. The molecule has 0 radical (unpaired) electrons. The van der Waals surface area contributed by atoms with E-state index in [2.05, 4.69) is 10.3 Å². The van der Waals surface area contributed by atoms with Gasteiger partial charge >= 0.3 is 0 Å². The van der Waals surface area contributed by atoms with Crippen LogP contribution in [-0.4, -0.2) is 30.6 Å². The van der Waals surface area contributed by atoms with Gasteiger partial charge in [-0.2, -0.15) is 0 Å². The molecule has 0 spiro atoms. The van der Waals surface area contributed by atoms with Gasteiger partial charge in [0, 0.05) is 18.9 Å². The van der Waals surface area contributed by atoms with E-state index in [9.17, 15) is 4.79 Å². The predicted molar refractivity (Wildman–Crippen MR) is 117 cm³/mol. The van der Waals surface area contributed by atoms with Gasteiger partial charge in [-0.1, -0.05) is 11.1 Å². The molecule has 29 heavy (non-hydrogen) atoms. The number of amides is 1. The normalized spacial score (nSPS) is 10.1. The number of benzene rings is 1. The first-order valence-electron chi connectivity index (χ1n) is 9.79. The topological polar surface area (TPSA) is 60.5 Å². The second-order valence-corrected chi connectivity index (χ2v) is 7.20. The molecular formula is C24H30N2O3. The van der Waals surface area contributed by atoms with Crippen molar-refractivity contribution >= 4 is 5.91 Å². The van der Waals surface area contributed by atoms with E-state index in [1.165, 1.54) is 5.57 Å². The number of nitrogens with one attached hydrogen (secondary N) is 1. The van der Waals surface area contributed by atoms with E-state index in [0.29, 0.717) is 36.8 Å². The summed E-state index contributed by atoms with van der Waals surface area (Å²) in [7, 11) is 0. The number of carbonyl (C=O) groups excluding carboxylic acids is 1. The minimum Gasteiger partial charge on any atom is -0.490 e. The van der Waals surface area contributed by atoms with Crippen LogP contribution in [0.1, 0.15) is 43.6 Å².